The van der Waals surface area contributed by atoms with Crippen LogP contribution >= 0.6 is 11.3 Å². The molecule has 1 heterocycles. The van der Waals surface area contributed by atoms with Crippen LogP contribution in [0.5, 0.6) is 0 Å². The Morgan fingerprint density at radius 2 is 2.06 bits per heavy atom. The molecule has 0 aliphatic rings. The Hall–Kier alpha value is -0.650. The highest BCUT2D eigenvalue weighted by Crippen LogP contribution is 2.27. The second kappa shape index (κ2) is 5.33. The highest BCUT2D eigenvalue weighted by atomic mass is 32.2. The molecule has 0 aliphatic carbocycles. The van der Waals surface area contributed by atoms with Gasteiger partial charge in [0.25, 0.3) is 0 Å². The molecule has 0 fully saturated rings. The van der Waals surface area contributed by atoms with E-state index in [1.807, 2.05) is 27.7 Å². The van der Waals surface area contributed by atoms with Gasteiger partial charge in [-0.3, -0.25) is 0 Å². The van der Waals surface area contributed by atoms with Gasteiger partial charge in [0.15, 0.2) is 0 Å². The fourth-order valence-electron chi connectivity index (χ4n) is 1.67. The summed E-state index contributed by atoms with van der Waals surface area (Å²) in [6.45, 7) is 12.1. The minimum absolute atomic E-state index is 0.382. The van der Waals surface area contributed by atoms with Crippen molar-refractivity contribution in [2.24, 2.45) is 0 Å². The average molecular weight is 273 g/mol. The maximum Gasteiger partial charge on any atom is 0.244 e. The standard InChI is InChI=1S/C12H19NO2S2/c1-6-13(8-9(2)3)17(14,15)12-7-10(4)16-11(12)5/h7H,2,6,8H2,1,3-5H3. The summed E-state index contributed by atoms with van der Waals surface area (Å²) in [4.78, 5) is 2.30. The largest absolute Gasteiger partial charge is 0.244 e. The minimum Gasteiger partial charge on any atom is -0.207 e. The van der Waals surface area contributed by atoms with E-state index < -0.39 is 10.0 Å². The lowest BCUT2D eigenvalue weighted by atomic mass is 10.3. The first-order valence-corrected chi connectivity index (χ1v) is 7.76. The van der Waals surface area contributed by atoms with E-state index in [0.717, 1.165) is 15.3 Å². The summed E-state index contributed by atoms with van der Waals surface area (Å²) in [5.74, 6) is 0. The van der Waals surface area contributed by atoms with Crippen LogP contribution in [0.2, 0.25) is 0 Å². The van der Waals surface area contributed by atoms with Crippen molar-refractivity contribution in [2.75, 3.05) is 13.1 Å². The van der Waals surface area contributed by atoms with Crippen molar-refractivity contribution in [2.45, 2.75) is 32.6 Å². The molecule has 0 atom stereocenters. The van der Waals surface area contributed by atoms with Crippen molar-refractivity contribution in [3.63, 3.8) is 0 Å². The van der Waals surface area contributed by atoms with Gasteiger partial charge >= 0.3 is 0 Å². The normalized spacial score (nSPS) is 12.1. The van der Waals surface area contributed by atoms with Gasteiger partial charge < -0.3 is 0 Å². The van der Waals surface area contributed by atoms with E-state index in [-0.39, 0.29) is 0 Å². The van der Waals surface area contributed by atoms with Crippen molar-refractivity contribution < 1.29 is 8.42 Å². The van der Waals surface area contributed by atoms with Gasteiger partial charge in [0.1, 0.15) is 0 Å². The predicted octanol–water partition coefficient (Wildman–Crippen LogP) is 2.95. The van der Waals surface area contributed by atoms with E-state index in [1.54, 1.807) is 6.07 Å². The van der Waals surface area contributed by atoms with Crippen LogP contribution in [-0.2, 0) is 10.0 Å². The summed E-state index contributed by atoms with van der Waals surface area (Å²) in [5.41, 5.74) is 0.847. The van der Waals surface area contributed by atoms with Crippen molar-refractivity contribution in [3.05, 3.63) is 28.0 Å². The van der Waals surface area contributed by atoms with Gasteiger partial charge in [0, 0.05) is 22.8 Å². The third-order valence-corrected chi connectivity index (χ3v) is 5.55. The van der Waals surface area contributed by atoms with Crippen LogP contribution in [0.15, 0.2) is 23.1 Å². The SMILES string of the molecule is C=C(C)CN(CC)S(=O)(=O)c1cc(C)sc1C. The lowest BCUT2D eigenvalue weighted by Crippen LogP contribution is -2.32. The quantitative estimate of drug-likeness (QED) is 0.774. The number of hydrogen-bond donors (Lipinski definition) is 0. The zero-order valence-electron chi connectivity index (χ0n) is 10.8. The van der Waals surface area contributed by atoms with E-state index in [0.29, 0.717) is 18.0 Å². The predicted molar refractivity (Wildman–Crippen MR) is 73.0 cm³/mol. The van der Waals surface area contributed by atoms with E-state index in [9.17, 15) is 8.42 Å². The Balaban J connectivity index is 3.17. The Morgan fingerprint density at radius 1 is 1.47 bits per heavy atom. The van der Waals surface area contributed by atoms with Crippen molar-refractivity contribution in [1.82, 2.24) is 4.31 Å². The molecule has 0 radical (unpaired) electrons. The lowest BCUT2D eigenvalue weighted by Gasteiger charge is -2.20. The molecule has 0 amide bonds. The molecule has 3 nitrogen and oxygen atoms in total. The van der Waals surface area contributed by atoms with Gasteiger partial charge in [-0.1, -0.05) is 19.1 Å². The maximum absolute atomic E-state index is 12.4. The van der Waals surface area contributed by atoms with Crippen LogP contribution in [0.25, 0.3) is 0 Å². The molecule has 1 aromatic rings. The molecule has 1 rings (SSSR count). The first-order valence-electron chi connectivity index (χ1n) is 5.50. The molecule has 0 spiro atoms. The summed E-state index contributed by atoms with van der Waals surface area (Å²) in [6, 6.07) is 1.75. The van der Waals surface area contributed by atoms with Gasteiger partial charge in [-0.2, -0.15) is 4.31 Å². The number of sulfonamides is 1. The summed E-state index contributed by atoms with van der Waals surface area (Å²) in [7, 11) is -3.37. The van der Waals surface area contributed by atoms with Gasteiger partial charge in [-0.15, -0.1) is 11.3 Å². The smallest absolute Gasteiger partial charge is 0.207 e. The maximum atomic E-state index is 12.4. The molecule has 0 saturated heterocycles. The third kappa shape index (κ3) is 3.18. The molecule has 0 unspecified atom stereocenters. The summed E-state index contributed by atoms with van der Waals surface area (Å²) in [5, 5.41) is 0. The first kappa shape index (κ1) is 14.4. The topological polar surface area (TPSA) is 37.4 Å². The monoisotopic (exact) mass is 273 g/mol. The average Bonchev–Trinajstić information content (AvgIpc) is 2.54. The lowest BCUT2D eigenvalue weighted by molar-refractivity contribution is 0.453. The Kier molecular flexibility index (Phi) is 4.52. The number of aryl methyl sites for hydroxylation is 2. The molecule has 5 heteroatoms. The number of nitrogens with zero attached hydrogens (tertiary/aromatic N) is 1. The fourth-order valence-corrected chi connectivity index (χ4v) is 4.70. The van der Waals surface area contributed by atoms with Crippen molar-refractivity contribution in [1.29, 1.82) is 0 Å². The van der Waals surface area contributed by atoms with Crippen molar-refractivity contribution >= 4 is 21.4 Å². The zero-order chi connectivity index (χ0) is 13.2. The Bertz CT molecular complexity index is 515. The van der Waals surface area contributed by atoms with Gasteiger partial charge in [0.2, 0.25) is 10.0 Å². The molecule has 1 aromatic heterocycles. The molecule has 17 heavy (non-hydrogen) atoms. The fraction of sp³-hybridized carbons (Fsp3) is 0.500. The molecule has 0 aliphatic heterocycles. The molecule has 0 bridgehead atoms. The van der Waals surface area contributed by atoms with Gasteiger partial charge in [0.05, 0.1) is 4.90 Å². The van der Waals surface area contributed by atoms with Crippen LogP contribution in [-0.4, -0.2) is 25.8 Å². The number of rotatable bonds is 5. The highest BCUT2D eigenvalue weighted by molar-refractivity contribution is 7.89. The number of thiophene rings is 1. The second-order valence-corrected chi connectivity index (χ2v) is 7.53. The van der Waals surface area contributed by atoms with E-state index in [2.05, 4.69) is 6.58 Å². The van der Waals surface area contributed by atoms with Gasteiger partial charge in [-0.05, 0) is 26.8 Å². The molecular weight excluding hydrogens is 254 g/mol. The molecule has 0 N–H and O–H groups in total. The highest BCUT2D eigenvalue weighted by Gasteiger charge is 2.25. The van der Waals surface area contributed by atoms with E-state index in [4.69, 9.17) is 0 Å². The van der Waals surface area contributed by atoms with Crippen LogP contribution in [0.1, 0.15) is 23.6 Å². The summed E-state index contributed by atoms with van der Waals surface area (Å²) in [6.07, 6.45) is 0. The van der Waals surface area contributed by atoms with Crippen LogP contribution in [0, 0.1) is 13.8 Å². The summed E-state index contributed by atoms with van der Waals surface area (Å²) < 4.78 is 26.3. The zero-order valence-corrected chi connectivity index (χ0v) is 12.4. The first-order chi connectivity index (χ1) is 7.78. The van der Waals surface area contributed by atoms with E-state index >= 15 is 0 Å². The Labute approximate surface area is 108 Å². The van der Waals surface area contributed by atoms with Crippen LogP contribution < -0.4 is 0 Å². The second-order valence-electron chi connectivity index (χ2n) is 4.17. The van der Waals surface area contributed by atoms with E-state index in [1.165, 1.54) is 15.6 Å². The molecule has 0 saturated carbocycles. The summed E-state index contributed by atoms with van der Waals surface area (Å²) >= 11 is 1.51. The molecule has 0 aromatic carbocycles. The molecule has 96 valence electrons. The van der Waals surface area contributed by atoms with Crippen LogP contribution in [0.4, 0.5) is 0 Å². The van der Waals surface area contributed by atoms with Crippen LogP contribution in [0.3, 0.4) is 0 Å². The molecular formula is C12H19NO2S2. The van der Waals surface area contributed by atoms with Crippen molar-refractivity contribution in [3.8, 4) is 0 Å². The van der Waals surface area contributed by atoms with Gasteiger partial charge in [-0.25, -0.2) is 8.42 Å². The third-order valence-electron chi connectivity index (χ3n) is 2.41. The minimum atomic E-state index is -3.37. The number of hydrogen-bond acceptors (Lipinski definition) is 3. The number of likely N-dealkylation sites (N-methyl/N-ethyl adjacent to an activating group) is 1. The Morgan fingerprint density at radius 3 is 2.41 bits per heavy atom.